The van der Waals surface area contributed by atoms with Crippen molar-refractivity contribution >= 4 is 29.1 Å². The molecule has 0 saturated carbocycles. The third-order valence-electron chi connectivity index (χ3n) is 2.83. The van der Waals surface area contributed by atoms with E-state index in [-0.39, 0.29) is 18.4 Å². The number of nitrogens with one attached hydrogen (secondary N) is 1. The molecule has 2 rings (SSSR count). The van der Waals surface area contributed by atoms with Crippen molar-refractivity contribution in [2.45, 2.75) is 19.8 Å². The highest BCUT2D eigenvalue weighted by atomic mass is 35.5. The molecule has 1 aliphatic rings. The summed E-state index contributed by atoms with van der Waals surface area (Å²) >= 11 is 5.73. The number of hydrogen-bond donors (Lipinski definition) is 1. The van der Waals surface area contributed by atoms with Crippen LogP contribution in [0.1, 0.15) is 18.5 Å². The van der Waals surface area contributed by atoms with Crippen LogP contribution < -0.4 is 5.32 Å². The number of aromatic nitrogens is 1. The van der Waals surface area contributed by atoms with E-state index in [1.54, 1.807) is 24.0 Å². The van der Waals surface area contributed by atoms with Crippen molar-refractivity contribution < 1.29 is 9.59 Å². The third kappa shape index (κ3) is 2.98. The van der Waals surface area contributed by atoms with Gasteiger partial charge in [-0.2, -0.15) is 0 Å². The highest BCUT2D eigenvalue weighted by molar-refractivity contribution is 6.29. The standard InChI is InChI=1S/C12H14ClN3O2/c1-8-9(4-5-10(13)14-8)15-11(17)7-16-6-2-3-12(16)18/h4-5H,2-3,6-7H2,1H3,(H,15,17). The average Bonchev–Trinajstić information content (AvgIpc) is 2.69. The molecule has 1 aromatic rings. The molecule has 5 nitrogen and oxygen atoms in total. The lowest BCUT2D eigenvalue weighted by molar-refractivity contribution is -0.131. The van der Waals surface area contributed by atoms with Crippen molar-refractivity contribution in [2.75, 3.05) is 18.4 Å². The number of likely N-dealkylation sites (tertiary alicyclic amines) is 1. The average molecular weight is 268 g/mol. The maximum Gasteiger partial charge on any atom is 0.244 e. The van der Waals surface area contributed by atoms with E-state index in [4.69, 9.17) is 11.6 Å². The Hall–Kier alpha value is -1.62. The normalized spacial score (nSPS) is 15.0. The Kier molecular flexibility index (Phi) is 3.81. The Morgan fingerprint density at radius 1 is 1.56 bits per heavy atom. The summed E-state index contributed by atoms with van der Waals surface area (Å²) in [5.74, 6) is -0.173. The molecule has 96 valence electrons. The van der Waals surface area contributed by atoms with E-state index in [2.05, 4.69) is 10.3 Å². The van der Waals surface area contributed by atoms with E-state index in [9.17, 15) is 9.59 Å². The first-order valence-electron chi connectivity index (χ1n) is 5.77. The number of aryl methyl sites for hydroxylation is 1. The monoisotopic (exact) mass is 267 g/mol. The fourth-order valence-electron chi connectivity index (χ4n) is 1.90. The lowest BCUT2D eigenvalue weighted by Crippen LogP contribution is -2.34. The summed E-state index contributed by atoms with van der Waals surface area (Å²) in [5.41, 5.74) is 1.28. The van der Waals surface area contributed by atoms with E-state index < -0.39 is 0 Å². The Morgan fingerprint density at radius 3 is 2.94 bits per heavy atom. The maximum atomic E-state index is 11.8. The topological polar surface area (TPSA) is 62.3 Å². The molecule has 1 aromatic heterocycles. The SMILES string of the molecule is Cc1nc(Cl)ccc1NC(=O)CN1CCCC1=O. The zero-order valence-corrected chi connectivity index (χ0v) is 10.8. The molecule has 0 bridgehead atoms. The molecule has 1 saturated heterocycles. The van der Waals surface area contributed by atoms with Gasteiger partial charge in [0.1, 0.15) is 5.15 Å². The van der Waals surface area contributed by atoms with Gasteiger partial charge in [-0.1, -0.05) is 11.6 Å². The first-order chi connectivity index (χ1) is 8.56. The van der Waals surface area contributed by atoms with Crippen LogP contribution in [0.3, 0.4) is 0 Å². The lowest BCUT2D eigenvalue weighted by Gasteiger charge is -2.15. The molecular formula is C12H14ClN3O2. The van der Waals surface area contributed by atoms with Crippen LogP contribution in [0.15, 0.2) is 12.1 Å². The largest absolute Gasteiger partial charge is 0.333 e. The first-order valence-corrected chi connectivity index (χ1v) is 6.15. The molecule has 0 aromatic carbocycles. The number of amides is 2. The Morgan fingerprint density at radius 2 is 2.33 bits per heavy atom. The lowest BCUT2D eigenvalue weighted by atomic mass is 10.3. The van der Waals surface area contributed by atoms with Gasteiger partial charge in [0.05, 0.1) is 17.9 Å². The number of hydrogen-bond acceptors (Lipinski definition) is 3. The Balaban J connectivity index is 1.96. The van der Waals surface area contributed by atoms with E-state index in [0.717, 1.165) is 6.42 Å². The molecule has 1 fully saturated rings. The number of rotatable bonds is 3. The second-order valence-electron chi connectivity index (χ2n) is 4.23. The minimum absolute atomic E-state index is 0.0381. The predicted molar refractivity (Wildman–Crippen MR) is 68.4 cm³/mol. The summed E-state index contributed by atoms with van der Waals surface area (Å²) in [5, 5.41) is 3.12. The molecule has 0 radical (unpaired) electrons. The van der Waals surface area contributed by atoms with E-state index in [1.807, 2.05) is 0 Å². The molecule has 1 aliphatic heterocycles. The van der Waals surface area contributed by atoms with Crippen LogP contribution in [0, 0.1) is 6.92 Å². The van der Waals surface area contributed by atoms with Gasteiger partial charge in [0.25, 0.3) is 0 Å². The Bertz CT molecular complexity index is 490. The number of anilines is 1. The fraction of sp³-hybridized carbons (Fsp3) is 0.417. The summed E-state index contributed by atoms with van der Waals surface area (Å²) in [7, 11) is 0. The van der Waals surface area contributed by atoms with Crippen LogP contribution in [0.4, 0.5) is 5.69 Å². The van der Waals surface area contributed by atoms with Crippen molar-refractivity contribution in [3.05, 3.63) is 23.0 Å². The number of carbonyl (C=O) groups is 2. The van der Waals surface area contributed by atoms with E-state index in [0.29, 0.717) is 29.5 Å². The van der Waals surface area contributed by atoms with Crippen molar-refractivity contribution in [3.63, 3.8) is 0 Å². The smallest absolute Gasteiger partial charge is 0.244 e. The Labute approximate surface area is 110 Å². The van der Waals surface area contributed by atoms with Gasteiger partial charge in [-0.05, 0) is 25.5 Å². The zero-order valence-electron chi connectivity index (χ0n) is 10.1. The van der Waals surface area contributed by atoms with Gasteiger partial charge in [-0.3, -0.25) is 9.59 Å². The van der Waals surface area contributed by atoms with Crippen LogP contribution in [0.25, 0.3) is 0 Å². The van der Waals surface area contributed by atoms with Crippen LogP contribution in [-0.2, 0) is 9.59 Å². The maximum absolute atomic E-state index is 11.8. The third-order valence-corrected chi connectivity index (χ3v) is 3.04. The fourth-order valence-corrected chi connectivity index (χ4v) is 2.09. The molecule has 6 heteroatoms. The van der Waals surface area contributed by atoms with Gasteiger partial charge in [0.2, 0.25) is 11.8 Å². The molecule has 1 N–H and O–H groups in total. The van der Waals surface area contributed by atoms with Crippen molar-refractivity contribution in [1.29, 1.82) is 0 Å². The number of halogens is 1. The number of carbonyl (C=O) groups excluding carboxylic acids is 2. The van der Waals surface area contributed by atoms with Gasteiger partial charge in [-0.25, -0.2) is 4.98 Å². The van der Waals surface area contributed by atoms with Crippen LogP contribution in [-0.4, -0.2) is 34.8 Å². The highest BCUT2D eigenvalue weighted by Crippen LogP contribution is 2.16. The molecule has 18 heavy (non-hydrogen) atoms. The van der Waals surface area contributed by atoms with E-state index in [1.165, 1.54) is 0 Å². The van der Waals surface area contributed by atoms with Crippen LogP contribution in [0.2, 0.25) is 5.15 Å². The number of nitrogens with zero attached hydrogens (tertiary/aromatic N) is 2. The van der Waals surface area contributed by atoms with Crippen LogP contribution in [0.5, 0.6) is 0 Å². The van der Waals surface area contributed by atoms with Gasteiger partial charge in [0, 0.05) is 13.0 Å². The molecule has 0 aliphatic carbocycles. The van der Waals surface area contributed by atoms with Crippen LogP contribution >= 0.6 is 11.6 Å². The second kappa shape index (κ2) is 5.35. The highest BCUT2D eigenvalue weighted by Gasteiger charge is 2.22. The second-order valence-corrected chi connectivity index (χ2v) is 4.62. The molecule has 0 atom stereocenters. The molecule has 0 unspecified atom stereocenters. The van der Waals surface area contributed by atoms with Gasteiger partial charge < -0.3 is 10.2 Å². The number of pyridine rings is 1. The van der Waals surface area contributed by atoms with Gasteiger partial charge >= 0.3 is 0 Å². The predicted octanol–water partition coefficient (Wildman–Crippen LogP) is 1.60. The zero-order chi connectivity index (χ0) is 13.1. The van der Waals surface area contributed by atoms with Gasteiger partial charge in [-0.15, -0.1) is 0 Å². The quantitative estimate of drug-likeness (QED) is 0.847. The summed E-state index contributed by atoms with van der Waals surface area (Å²) in [6, 6.07) is 3.32. The van der Waals surface area contributed by atoms with E-state index >= 15 is 0 Å². The summed E-state index contributed by atoms with van der Waals surface area (Å²) in [4.78, 5) is 28.8. The molecular weight excluding hydrogens is 254 g/mol. The summed E-state index contributed by atoms with van der Waals surface area (Å²) in [6.45, 7) is 2.52. The summed E-state index contributed by atoms with van der Waals surface area (Å²) < 4.78 is 0. The first kappa shape index (κ1) is 12.8. The molecule has 0 spiro atoms. The minimum atomic E-state index is -0.211. The van der Waals surface area contributed by atoms with Crippen molar-refractivity contribution in [1.82, 2.24) is 9.88 Å². The minimum Gasteiger partial charge on any atom is -0.333 e. The molecule has 2 amide bonds. The van der Waals surface area contributed by atoms with Crippen molar-refractivity contribution in [3.8, 4) is 0 Å². The van der Waals surface area contributed by atoms with Gasteiger partial charge in [0.15, 0.2) is 0 Å². The van der Waals surface area contributed by atoms with Crippen molar-refractivity contribution in [2.24, 2.45) is 0 Å². The molecule has 2 heterocycles. The summed E-state index contributed by atoms with van der Waals surface area (Å²) in [6.07, 6.45) is 1.36.